The number of nitrogens with one attached hydrogen (secondary N) is 2. The van der Waals surface area contributed by atoms with Crippen molar-refractivity contribution in [2.75, 3.05) is 17.2 Å². The van der Waals surface area contributed by atoms with E-state index in [1.54, 1.807) is 12.1 Å². The Kier molecular flexibility index (Phi) is 4.13. The maximum atomic E-state index is 11.8. The average molecular weight is 264 g/mol. The lowest BCUT2D eigenvalue weighted by Gasteiger charge is -2.04. The van der Waals surface area contributed by atoms with Gasteiger partial charge in [0.25, 0.3) is 5.91 Å². The summed E-state index contributed by atoms with van der Waals surface area (Å²) in [6, 6.07) is 3.47. The van der Waals surface area contributed by atoms with Crippen molar-refractivity contribution in [3.05, 3.63) is 23.9 Å². The third-order valence-corrected chi connectivity index (χ3v) is 2.61. The van der Waals surface area contributed by atoms with Crippen LogP contribution in [-0.4, -0.2) is 32.2 Å². The third-order valence-electron chi connectivity index (χ3n) is 2.10. The first kappa shape index (κ1) is 12.4. The second kappa shape index (κ2) is 6.01. The van der Waals surface area contributed by atoms with Gasteiger partial charge in [-0.3, -0.25) is 10.1 Å². The molecule has 8 heteroatoms. The van der Waals surface area contributed by atoms with Crippen molar-refractivity contribution in [1.29, 1.82) is 0 Å². The number of rotatable bonds is 5. The Bertz CT molecular complexity index is 498. The number of carbonyl (C=O) groups excluding carboxylic acids is 1. The van der Waals surface area contributed by atoms with Crippen molar-refractivity contribution >= 4 is 28.4 Å². The van der Waals surface area contributed by atoms with E-state index in [0.29, 0.717) is 10.7 Å². The second-order valence-electron chi connectivity index (χ2n) is 3.48. The minimum absolute atomic E-state index is 0.275. The quantitative estimate of drug-likeness (QED) is 0.848. The van der Waals surface area contributed by atoms with Gasteiger partial charge in [-0.25, -0.2) is 4.98 Å². The Balaban J connectivity index is 1.98. The molecule has 0 saturated carbocycles. The van der Waals surface area contributed by atoms with Crippen LogP contribution >= 0.6 is 11.5 Å². The third kappa shape index (κ3) is 3.20. The highest BCUT2D eigenvalue weighted by Gasteiger charge is 2.08. The molecule has 0 aliphatic carbocycles. The second-order valence-corrected chi connectivity index (χ2v) is 4.21. The molecule has 0 aromatic carbocycles. The molecule has 1 amide bonds. The molecule has 0 bridgehead atoms. The van der Waals surface area contributed by atoms with Gasteiger partial charge in [-0.15, -0.1) is 0 Å². The predicted molar refractivity (Wildman–Crippen MR) is 68.7 cm³/mol. The molecule has 0 aliphatic rings. The standard InChI is InChI=1S/C10H12N6OS/c1-2-5-11-8-4-3-7(6-12-8)9(17)13-10-14-15-16-18-10/h3-4,6H,2,5H2,1H3,(H,11,12)(H,13,14,16,17). The number of nitrogens with zero attached hydrogens (tertiary/aromatic N) is 4. The molecular formula is C10H12N6OS. The number of pyridine rings is 1. The predicted octanol–water partition coefficient (Wildman–Crippen LogP) is 1.40. The molecule has 18 heavy (non-hydrogen) atoms. The number of carbonyl (C=O) groups is 1. The lowest BCUT2D eigenvalue weighted by molar-refractivity contribution is 0.102. The number of amides is 1. The van der Waals surface area contributed by atoms with E-state index in [4.69, 9.17) is 0 Å². The highest BCUT2D eigenvalue weighted by atomic mass is 32.1. The van der Waals surface area contributed by atoms with Crippen LogP contribution in [0.1, 0.15) is 23.7 Å². The van der Waals surface area contributed by atoms with Crippen molar-refractivity contribution in [3.8, 4) is 0 Å². The topological polar surface area (TPSA) is 92.7 Å². The van der Waals surface area contributed by atoms with E-state index in [2.05, 4.69) is 37.3 Å². The summed E-state index contributed by atoms with van der Waals surface area (Å²) in [5.74, 6) is 0.481. The Labute approximate surface area is 108 Å². The van der Waals surface area contributed by atoms with Gasteiger partial charge in [0.05, 0.1) is 5.56 Å². The maximum absolute atomic E-state index is 11.8. The summed E-state index contributed by atoms with van der Waals surface area (Å²) in [6.45, 7) is 2.93. The van der Waals surface area contributed by atoms with Crippen LogP contribution in [0.4, 0.5) is 10.9 Å². The summed E-state index contributed by atoms with van der Waals surface area (Å²) in [5, 5.41) is 13.1. The van der Waals surface area contributed by atoms with Crippen LogP contribution in [0.5, 0.6) is 0 Å². The van der Waals surface area contributed by atoms with Gasteiger partial charge in [0.15, 0.2) is 0 Å². The van der Waals surface area contributed by atoms with Gasteiger partial charge in [-0.2, -0.15) is 0 Å². The fourth-order valence-electron chi connectivity index (χ4n) is 1.24. The summed E-state index contributed by atoms with van der Waals surface area (Å²) < 4.78 is 3.56. The van der Waals surface area contributed by atoms with E-state index in [1.807, 2.05) is 0 Å². The minimum Gasteiger partial charge on any atom is -0.370 e. The van der Waals surface area contributed by atoms with Gasteiger partial charge in [-0.1, -0.05) is 16.5 Å². The van der Waals surface area contributed by atoms with E-state index in [-0.39, 0.29) is 5.91 Å². The molecule has 0 saturated heterocycles. The van der Waals surface area contributed by atoms with Gasteiger partial charge >= 0.3 is 0 Å². The zero-order valence-electron chi connectivity index (χ0n) is 9.75. The van der Waals surface area contributed by atoms with Crippen molar-refractivity contribution in [3.63, 3.8) is 0 Å². The van der Waals surface area contributed by atoms with Crippen molar-refractivity contribution in [1.82, 2.24) is 19.8 Å². The highest BCUT2D eigenvalue weighted by Crippen LogP contribution is 2.09. The fourth-order valence-corrected chi connectivity index (χ4v) is 1.60. The fraction of sp³-hybridized carbons (Fsp3) is 0.300. The number of hydrogen-bond donors (Lipinski definition) is 2. The van der Waals surface area contributed by atoms with Gasteiger partial charge in [0, 0.05) is 24.3 Å². The SMILES string of the molecule is CCCNc1ccc(C(=O)Nc2nnns2)cn1. The van der Waals surface area contributed by atoms with Crippen LogP contribution in [0.2, 0.25) is 0 Å². The van der Waals surface area contributed by atoms with Gasteiger partial charge < -0.3 is 5.32 Å². The minimum atomic E-state index is -0.275. The summed E-state index contributed by atoms with van der Waals surface area (Å²) in [5.41, 5.74) is 0.465. The molecule has 0 fully saturated rings. The van der Waals surface area contributed by atoms with Crippen molar-refractivity contribution < 1.29 is 4.79 Å². The van der Waals surface area contributed by atoms with E-state index in [0.717, 1.165) is 30.3 Å². The lowest BCUT2D eigenvalue weighted by Crippen LogP contribution is -2.12. The molecule has 2 heterocycles. The zero-order chi connectivity index (χ0) is 12.8. The van der Waals surface area contributed by atoms with E-state index < -0.39 is 0 Å². The Morgan fingerprint density at radius 3 is 2.94 bits per heavy atom. The van der Waals surface area contributed by atoms with Crippen LogP contribution in [0.3, 0.4) is 0 Å². The average Bonchev–Trinajstić information content (AvgIpc) is 2.89. The molecule has 0 spiro atoms. The first-order valence-corrected chi connectivity index (χ1v) is 6.23. The molecule has 0 aliphatic heterocycles. The maximum Gasteiger partial charge on any atom is 0.259 e. The van der Waals surface area contributed by atoms with Gasteiger partial charge in [0.1, 0.15) is 5.82 Å². The van der Waals surface area contributed by atoms with Crippen LogP contribution in [0, 0.1) is 0 Å². The molecular weight excluding hydrogens is 252 g/mol. The molecule has 0 unspecified atom stereocenters. The molecule has 2 aromatic rings. The van der Waals surface area contributed by atoms with E-state index in [1.165, 1.54) is 6.20 Å². The van der Waals surface area contributed by atoms with Gasteiger partial charge in [0.2, 0.25) is 5.13 Å². The first-order valence-electron chi connectivity index (χ1n) is 5.46. The first-order chi connectivity index (χ1) is 8.79. The number of anilines is 2. The number of hydrogen-bond acceptors (Lipinski definition) is 7. The largest absolute Gasteiger partial charge is 0.370 e. The Hall–Kier alpha value is -2.09. The normalized spacial score (nSPS) is 10.1. The van der Waals surface area contributed by atoms with E-state index >= 15 is 0 Å². The highest BCUT2D eigenvalue weighted by molar-refractivity contribution is 7.09. The molecule has 0 radical (unpaired) electrons. The van der Waals surface area contributed by atoms with Crippen molar-refractivity contribution in [2.45, 2.75) is 13.3 Å². The summed E-state index contributed by atoms with van der Waals surface area (Å²) in [6.07, 6.45) is 2.54. The molecule has 2 aromatic heterocycles. The molecule has 94 valence electrons. The monoisotopic (exact) mass is 264 g/mol. The molecule has 0 atom stereocenters. The van der Waals surface area contributed by atoms with Crippen LogP contribution in [-0.2, 0) is 0 Å². The van der Waals surface area contributed by atoms with Crippen LogP contribution < -0.4 is 10.6 Å². The van der Waals surface area contributed by atoms with E-state index in [9.17, 15) is 4.79 Å². The molecule has 2 rings (SSSR count). The Morgan fingerprint density at radius 1 is 1.44 bits per heavy atom. The molecule has 7 nitrogen and oxygen atoms in total. The summed E-state index contributed by atoms with van der Waals surface area (Å²) in [4.78, 5) is 15.9. The van der Waals surface area contributed by atoms with Crippen LogP contribution in [0.25, 0.3) is 0 Å². The molecule has 2 N–H and O–H groups in total. The summed E-state index contributed by atoms with van der Waals surface area (Å²) >= 11 is 1.02. The number of aromatic nitrogens is 4. The summed E-state index contributed by atoms with van der Waals surface area (Å²) in [7, 11) is 0. The van der Waals surface area contributed by atoms with Crippen molar-refractivity contribution in [2.24, 2.45) is 0 Å². The van der Waals surface area contributed by atoms with Gasteiger partial charge in [-0.05, 0) is 23.8 Å². The van der Waals surface area contributed by atoms with Crippen LogP contribution in [0.15, 0.2) is 18.3 Å². The Morgan fingerprint density at radius 2 is 2.33 bits per heavy atom. The lowest BCUT2D eigenvalue weighted by atomic mass is 10.2. The smallest absolute Gasteiger partial charge is 0.259 e. The zero-order valence-corrected chi connectivity index (χ0v) is 10.6.